The minimum absolute atomic E-state index is 0.0608. The van der Waals surface area contributed by atoms with Gasteiger partial charge in [-0.1, -0.05) is 53.0 Å². The van der Waals surface area contributed by atoms with E-state index >= 15 is 0 Å². The molecule has 0 aromatic carbocycles. The maximum atomic E-state index is 13.5. The highest BCUT2D eigenvalue weighted by molar-refractivity contribution is 5.98. The van der Waals surface area contributed by atoms with E-state index in [4.69, 9.17) is 9.47 Å². The molecule has 1 spiro atoms. The van der Waals surface area contributed by atoms with Crippen LogP contribution in [0.3, 0.4) is 0 Å². The second kappa shape index (κ2) is 7.93. The molecule has 1 aliphatic heterocycles. The minimum atomic E-state index is -0.586. The molecule has 33 heavy (non-hydrogen) atoms. The van der Waals surface area contributed by atoms with Crippen LogP contribution in [0.1, 0.15) is 92.9 Å². The Labute approximate surface area is 200 Å². The van der Waals surface area contributed by atoms with Crippen molar-refractivity contribution < 1.29 is 19.1 Å². The van der Waals surface area contributed by atoms with Gasteiger partial charge in [-0.25, -0.2) is 0 Å². The lowest BCUT2D eigenvalue weighted by molar-refractivity contribution is -0.187. The molecule has 4 fully saturated rings. The Bertz CT molecular complexity index is 847. The third kappa shape index (κ3) is 3.32. The largest absolute Gasteiger partial charge is 0.462 e. The van der Waals surface area contributed by atoms with E-state index < -0.39 is 5.41 Å². The average molecular weight is 457 g/mol. The number of fused-ring (bicyclic) bond motifs is 4. The number of ketones is 1. The fraction of sp³-hybridized carbons (Fsp3) is 0.862. The van der Waals surface area contributed by atoms with Crippen molar-refractivity contribution in [3.8, 4) is 0 Å². The highest BCUT2D eigenvalue weighted by atomic mass is 16.6. The number of rotatable bonds is 6. The Hall–Kier alpha value is -1.16. The van der Waals surface area contributed by atoms with Gasteiger partial charge in [-0.2, -0.15) is 0 Å². The molecule has 184 valence electrons. The summed E-state index contributed by atoms with van der Waals surface area (Å²) in [6.07, 6.45) is 12.9. The first-order valence-electron chi connectivity index (χ1n) is 13.6. The van der Waals surface area contributed by atoms with Crippen molar-refractivity contribution in [3.05, 3.63) is 12.2 Å². The second-order valence-electron chi connectivity index (χ2n) is 13.0. The summed E-state index contributed by atoms with van der Waals surface area (Å²) in [7, 11) is 0. The van der Waals surface area contributed by atoms with Crippen LogP contribution in [0.15, 0.2) is 12.2 Å². The number of hydrogen-bond donors (Lipinski definition) is 0. The smallest absolute Gasteiger partial charge is 0.302 e. The average Bonchev–Trinajstić information content (AvgIpc) is 3.31. The summed E-state index contributed by atoms with van der Waals surface area (Å²) in [5.74, 6) is 3.12. The Morgan fingerprint density at radius 2 is 1.97 bits per heavy atom. The molecule has 1 heterocycles. The van der Waals surface area contributed by atoms with Crippen LogP contribution in [0.2, 0.25) is 0 Å². The van der Waals surface area contributed by atoms with Gasteiger partial charge in [-0.15, -0.1) is 0 Å². The van der Waals surface area contributed by atoms with Gasteiger partial charge in [-0.3, -0.25) is 9.59 Å². The SMILES string of the molecule is CC(=O)O[C@@H]1C[C@]2(C)[C@@H]([C@H](C)CCCC(C)C)CC[C@H]2[C@@H]2C[C@H]3O[C@]34CC=CC(=O)[C@]4(C)[C@H]21. The van der Waals surface area contributed by atoms with E-state index in [1.54, 1.807) is 6.08 Å². The highest BCUT2D eigenvalue weighted by Crippen LogP contribution is 2.73. The number of allylic oxidation sites excluding steroid dienone is 1. The molecule has 0 aromatic rings. The van der Waals surface area contributed by atoms with E-state index in [0.29, 0.717) is 23.7 Å². The highest BCUT2D eigenvalue weighted by Gasteiger charge is 2.79. The first kappa shape index (κ1) is 23.6. The molecule has 5 rings (SSSR count). The number of ether oxygens (including phenoxy) is 2. The van der Waals surface area contributed by atoms with Gasteiger partial charge in [0.1, 0.15) is 11.7 Å². The zero-order chi connectivity index (χ0) is 23.8. The Morgan fingerprint density at radius 1 is 1.21 bits per heavy atom. The lowest BCUT2D eigenvalue weighted by Gasteiger charge is -2.59. The van der Waals surface area contributed by atoms with Crippen LogP contribution in [-0.2, 0) is 19.1 Å². The van der Waals surface area contributed by atoms with Crippen LogP contribution in [0, 0.1) is 46.3 Å². The normalized spacial score (nSPS) is 48.5. The number of carbonyl (C=O) groups excluding carboxylic acids is 2. The first-order chi connectivity index (χ1) is 15.5. The summed E-state index contributed by atoms with van der Waals surface area (Å²) >= 11 is 0. The molecule has 10 atom stereocenters. The molecule has 4 nitrogen and oxygen atoms in total. The zero-order valence-corrected chi connectivity index (χ0v) is 21.6. The number of hydrogen-bond acceptors (Lipinski definition) is 4. The summed E-state index contributed by atoms with van der Waals surface area (Å²) in [5, 5.41) is 0. The van der Waals surface area contributed by atoms with Crippen molar-refractivity contribution in [2.45, 2.75) is 111 Å². The summed E-state index contributed by atoms with van der Waals surface area (Å²) < 4.78 is 12.5. The number of epoxide rings is 1. The quantitative estimate of drug-likeness (QED) is 0.357. The summed E-state index contributed by atoms with van der Waals surface area (Å²) in [5.41, 5.74) is -0.788. The maximum Gasteiger partial charge on any atom is 0.302 e. The molecule has 3 saturated carbocycles. The standard InChI is InChI=1S/C29H44O4/c1-17(2)9-7-10-18(3)21-12-13-22-20-15-25-29(33-25)14-8-11-24(31)28(29,6)26(20)23(32-19(4)30)16-27(21,22)5/h8,11,17-18,20-23,25-26H,7,9-10,12-16H2,1-6H3/t18-,20+,21-,22+,23-,25-,26-,27-,28-,29-/m1/s1. The number of carbonyl (C=O) groups is 2. The van der Waals surface area contributed by atoms with Crippen molar-refractivity contribution in [1.82, 2.24) is 0 Å². The van der Waals surface area contributed by atoms with Gasteiger partial charge < -0.3 is 9.47 Å². The first-order valence-corrected chi connectivity index (χ1v) is 13.6. The second-order valence-corrected chi connectivity index (χ2v) is 13.0. The molecule has 4 aliphatic carbocycles. The van der Waals surface area contributed by atoms with Gasteiger partial charge >= 0.3 is 5.97 Å². The Balaban J connectivity index is 1.47. The van der Waals surface area contributed by atoms with E-state index in [-0.39, 0.29) is 40.9 Å². The topological polar surface area (TPSA) is 55.9 Å². The van der Waals surface area contributed by atoms with Crippen LogP contribution in [0.4, 0.5) is 0 Å². The van der Waals surface area contributed by atoms with Crippen LogP contribution in [0.5, 0.6) is 0 Å². The Morgan fingerprint density at radius 3 is 2.67 bits per heavy atom. The van der Waals surface area contributed by atoms with Gasteiger partial charge in [0.05, 0.1) is 11.5 Å². The third-order valence-electron chi connectivity index (χ3n) is 11.0. The summed E-state index contributed by atoms with van der Waals surface area (Å²) in [4.78, 5) is 25.8. The molecule has 4 heteroatoms. The van der Waals surface area contributed by atoms with Gasteiger partial charge in [0.25, 0.3) is 0 Å². The molecular formula is C29H44O4. The van der Waals surface area contributed by atoms with E-state index in [1.807, 2.05) is 6.08 Å². The van der Waals surface area contributed by atoms with E-state index in [2.05, 4.69) is 34.6 Å². The number of esters is 1. The lowest BCUT2D eigenvalue weighted by Crippen LogP contribution is -2.64. The minimum Gasteiger partial charge on any atom is -0.462 e. The lowest BCUT2D eigenvalue weighted by atomic mass is 9.44. The fourth-order valence-corrected chi connectivity index (χ4v) is 9.53. The molecule has 0 N–H and O–H groups in total. The van der Waals surface area contributed by atoms with Crippen LogP contribution in [-0.4, -0.2) is 29.6 Å². The monoisotopic (exact) mass is 456 g/mol. The van der Waals surface area contributed by atoms with Gasteiger partial charge in [0, 0.05) is 12.8 Å². The molecule has 0 unspecified atom stereocenters. The molecule has 0 radical (unpaired) electrons. The van der Waals surface area contributed by atoms with Crippen molar-refractivity contribution in [2.24, 2.45) is 46.3 Å². The van der Waals surface area contributed by atoms with Gasteiger partial charge in [0.2, 0.25) is 0 Å². The summed E-state index contributed by atoms with van der Waals surface area (Å²) in [6.45, 7) is 13.2. The van der Waals surface area contributed by atoms with Crippen molar-refractivity contribution in [2.75, 3.05) is 0 Å². The van der Waals surface area contributed by atoms with Crippen LogP contribution >= 0.6 is 0 Å². The molecule has 5 aliphatic rings. The van der Waals surface area contributed by atoms with Crippen molar-refractivity contribution >= 4 is 11.8 Å². The molecule has 0 bridgehead atoms. The van der Waals surface area contributed by atoms with Crippen LogP contribution < -0.4 is 0 Å². The van der Waals surface area contributed by atoms with Gasteiger partial charge in [0.15, 0.2) is 5.78 Å². The van der Waals surface area contributed by atoms with Gasteiger partial charge in [-0.05, 0) is 80.1 Å². The van der Waals surface area contributed by atoms with Crippen molar-refractivity contribution in [1.29, 1.82) is 0 Å². The fourth-order valence-electron chi connectivity index (χ4n) is 9.53. The van der Waals surface area contributed by atoms with Crippen LogP contribution in [0.25, 0.3) is 0 Å². The van der Waals surface area contributed by atoms with E-state index in [9.17, 15) is 9.59 Å². The predicted octanol–water partition coefficient (Wildman–Crippen LogP) is 6.13. The summed E-state index contributed by atoms with van der Waals surface area (Å²) in [6, 6.07) is 0. The van der Waals surface area contributed by atoms with Crippen molar-refractivity contribution in [3.63, 3.8) is 0 Å². The molecular weight excluding hydrogens is 412 g/mol. The third-order valence-corrected chi connectivity index (χ3v) is 11.0. The molecule has 0 amide bonds. The maximum absolute atomic E-state index is 13.5. The molecule has 1 saturated heterocycles. The predicted molar refractivity (Wildman–Crippen MR) is 128 cm³/mol. The molecule has 0 aromatic heterocycles. The Kier molecular flexibility index (Phi) is 5.67. The van der Waals surface area contributed by atoms with E-state index in [0.717, 1.165) is 25.2 Å². The van der Waals surface area contributed by atoms with E-state index in [1.165, 1.54) is 39.0 Å². The zero-order valence-electron chi connectivity index (χ0n) is 21.6.